The number of carbonyl (C=O) groups is 1. The Morgan fingerprint density at radius 2 is 1.92 bits per heavy atom. The molecule has 0 saturated heterocycles. The topological polar surface area (TPSA) is 54.9 Å². The fraction of sp³-hybridized carbons (Fsp3) is 0.211. The molecule has 1 aromatic heterocycles. The zero-order valence-corrected chi connectivity index (χ0v) is 15.8. The van der Waals surface area contributed by atoms with Gasteiger partial charge >= 0.3 is 0 Å². The molecule has 0 aliphatic heterocycles. The zero-order chi connectivity index (χ0) is 18.0. The Hall–Kier alpha value is -2.11. The summed E-state index contributed by atoms with van der Waals surface area (Å²) in [7, 11) is 0. The standard InChI is InChI=1S/C19H18ClN3OS/c1-11-8-9-14(20)10-17(11)23-18(24)12(2)25-19-15-6-4-5-7-16(15)21-13(3)22-19/h4-10,12H,1-3H3,(H,23,24)/t12-/m1/s1. The van der Waals surface area contributed by atoms with E-state index in [1.807, 2.05) is 51.1 Å². The Labute approximate surface area is 156 Å². The number of amides is 1. The summed E-state index contributed by atoms with van der Waals surface area (Å²) < 4.78 is 0. The fourth-order valence-electron chi connectivity index (χ4n) is 2.43. The van der Waals surface area contributed by atoms with Crippen LogP contribution >= 0.6 is 23.4 Å². The third-order valence-corrected chi connectivity index (χ3v) is 5.13. The second-order valence-corrected chi connectivity index (χ2v) is 7.57. The summed E-state index contributed by atoms with van der Waals surface area (Å²) >= 11 is 7.45. The number of aryl methyl sites for hydroxylation is 2. The van der Waals surface area contributed by atoms with Crippen LogP contribution in [-0.2, 0) is 4.79 Å². The third kappa shape index (κ3) is 4.11. The number of carbonyl (C=O) groups excluding carboxylic acids is 1. The van der Waals surface area contributed by atoms with Crippen molar-refractivity contribution in [2.24, 2.45) is 0 Å². The minimum Gasteiger partial charge on any atom is -0.325 e. The molecule has 0 aliphatic rings. The average molecular weight is 372 g/mol. The lowest BCUT2D eigenvalue weighted by Crippen LogP contribution is -2.23. The normalized spacial score (nSPS) is 12.2. The van der Waals surface area contributed by atoms with E-state index in [1.165, 1.54) is 11.8 Å². The van der Waals surface area contributed by atoms with Crippen LogP contribution in [0.25, 0.3) is 10.9 Å². The highest BCUT2D eigenvalue weighted by Gasteiger charge is 2.18. The number of halogens is 1. The SMILES string of the molecule is Cc1nc(S[C@H](C)C(=O)Nc2cc(Cl)ccc2C)c2ccccc2n1. The third-order valence-electron chi connectivity index (χ3n) is 3.80. The Morgan fingerprint density at radius 3 is 2.72 bits per heavy atom. The van der Waals surface area contributed by atoms with Crippen LogP contribution in [0.4, 0.5) is 5.69 Å². The molecule has 0 aliphatic carbocycles. The Balaban J connectivity index is 1.81. The largest absolute Gasteiger partial charge is 0.325 e. The second kappa shape index (κ2) is 7.42. The van der Waals surface area contributed by atoms with Crippen LogP contribution in [0, 0.1) is 13.8 Å². The van der Waals surface area contributed by atoms with E-state index >= 15 is 0 Å². The molecule has 2 aromatic carbocycles. The first-order valence-electron chi connectivity index (χ1n) is 7.91. The van der Waals surface area contributed by atoms with Crippen molar-refractivity contribution in [3.63, 3.8) is 0 Å². The molecule has 0 spiro atoms. The van der Waals surface area contributed by atoms with Crippen molar-refractivity contribution in [1.29, 1.82) is 0 Å². The second-order valence-electron chi connectivity index (χ2n) is 5.80. The van der Waals surface area contributed by atoms with E-state index in [1.54, 1.807) is 12.1 Å². The van der Waals surface area contributed by atoms with Gasteiger partial charge in [-0.25, -0.2) is 9.97 Å². The maximum absolute atomic E-state index is 12.6. The molecule has 1 N–H and O–H groups in total. The number of benzene rings is 2. The van der Waals surface area contributed by atoms with E-state index in [0.29, 0.717) is 10.8 Å². The van der Waals surface area contributed by atoms with Crippen molar-refractivity contribution >= 4 is 45.9 Å². The Bertz CT molecular complexity index is 945. The van der Waals surface area contributed by atoms with Gasteiger partial charge in [-0.15, -0.1) is 0 Å². The summed E-state index contributed by atoms with van der Waals surface area (Å²) in [6.07, 6.45) is 0. The minimum absolute atomic E-state index is 0.0873. The number of thioether (sulfide) groups is 1. The van der Waals surface area contributed by atoms with Crippen molar-refractivity contribution < 1.29 is 4.79 Å². The number of anilines is 1. The summed E-state index contributed by atoms with van der Waals surface area (Å²) in [5.41, 5.74) is 2.59. The molecule has 0 radical (unpaired) electrons. The van der Waals surface area contributed by atoms with E-state index in [9.17, 15) is 4.79 Å². The number of nitrogens with zero attached hydrogens (tertiary/aromatic N) is 2. The first-order valence-corrected chi connectivity index (χ1v) is 9.17. The number of aromatic nitrogens is 2. The van der Waals surface area contributed by atoms with Gasteiger partial charge in [0, 0.05) is 16.1 Å². The van der Waals surface area contributed by atoms with Crippen molar-refractivity contribution in [2.75, 3.05) is 5.32 Å². The van der Waals surface area contributed by atoms with E-state index in [4.69, 9.17) is 11.6 Å². The highest BCUT2D eigenvalue weighted by Crippen LogP contribution is 2.29. The van der Waals surface area contributed by atoms with Crippen LogP contribution in [-0.4, -0.2) is 21.1 Å². The molecule has 0 unspecified atom stereocenters. The number of nitrogens with one attached hydrogen (secondary N) is 1. The average Bonchev–Trinajstić information content (AvgIpc) is 2.58. The zero-order valence-electron chi connectivity index (χ0n) is 14.2. The first kappa shape index (κ1) is 17.7. The Morgan fingerprint density at radius 1 is 1.16 bits per heavy atom. The van der Waals surface area contributed by atoms with Gasteiger partial charge < -0.3 is 5.32 Å². The number of hydrogen-bond donors (Lipinski definition) is 1. The molecule has 1 heterocycles. The lowest BCUT2D eigenvalue weighted by molar-refractivity contribution is -0.115. The predicted molar refractivity (Wildman–Crippen MR) is 104 cm³/mol. The van der Waals surface area contributed by atoms with Crippen LogP contribution in [0.15, 0.2) is 47.5 Å². The highest BCUT2D eigenvalue weighted by molar-refractivity contribution is 8.00. The van der Waals surface area contributed by atoms with Crippen molar-refractivity contribution in [2.45, 2.75) is 31.0 Å². The predicted octanol–water partition coefficient (Wildman–Crippen LogP) is 5.02. The summed E-state index contributed by atoms with van der Waals surface area (Å²) in [6, 6.07) is 13.3. The van der Waals surface area contributed by atoms with Gasteiger partial charge in [0.2, 0.25) is 5.91 Å². The number of rotatable bonds is 4. The quantitative estimate of drug-likeness (QED) is 0.516. The summed E-state index contributed by atoms with van der Waals surface area (Å²) in [5.74, 6) is 0.607. The molecule has 0 fully saturated rings. The summed E-state index contributed by atoms with van der Waals surface area (Å²) in [5, 5.41) is 5.00. The van der Waals surface area contributed by atoms with Gasteiger partial charge in [0.15, 0.2) is 0 Å². The van der Waals surface area contributed by atoms with Gasteiger partial charge in [0.1, 0.15) is 10.9 Å². The molecule has 3 rings (SSSR count). The van der Waals surface area contributed by atoms with Gasteiger partial charge in [0.25, 0.3) is 0 Å². The van der Waals surface area contributed by atoms with E-state index in [2.05, 4.69) is 15.3 Å². The molecule has 25 heavy (non-hydrogen) atoms. The van der Waals surface area contributed by atoms with Gasteiger partial charge in [-0.2, -0.15) is 0 Å². The van der Waals surface area contributed by atoms with Gasteiger partial charge in [-0.3, -0.25) is 4.79 Å². The fourth-order valence-corrected chi connectivity index (χ4v) is 3.59. The molecule has 4 nitrogen and oxygen atoms in total. The van der Waals surface area contributed by atoms with Crippen LogP contribution in [0.5, 0.6) is 0 Å². The highest BCUT2D eigenvalue weighted by atomic mass is 35.5. The molecule has 1 amide bonds. The molecule has 0 saturated carbocycles. The molecule has 128 valence electrons. The maximum Gasteiger partial charge on any atom is 0.237 e. The van der Waals surface area contributed by atoms with E-state index in [-0.39, 0.29) is 11.2 Å². The maximum atomic E-state index is 12.6. The molecule has 6 heteroatoms. The lowest BCUT2D eigenvalue weighted by Gasteiger charge is -2.14. The van der Waals surface area contributed by atoms with Crippen molar-refractivity contribution in [3.8, 4) is 0 Å². The van der Waals surface area contributed by atoms with Crippen LogP contribution in [0.1, 0.15) is 18.3 Å². The van der Waals surface area contributed by atoms with Crippen LogP contribution in [0.3, 0.4) is 0 Å². The number of hydrogen-bond acceptors (Lipinski definition) is 4. The smallest absolute Gasteiger partial charge is 0.237 e. The van der Waals surface area contributed by atoms with Gasteiger partial charge in [0.05, 0.1) is 10.8 Å². The van der Waals surface area contributed by atoms with Crippen molar-refractivity contribution in [1.82, 2.24) is 9.97 Å². The summed E-state index contributed by atoms with van der Waals surface area (Å²) in [4.78, 5) is 21.5. The minimum atomic E-state index is -0.309. The summed E-state index contributed by atoms with van der Waals surface area (Å²) in [6.45, 7) is 5.66. The Kier molecular flexibility index (Phi) is 5.25. The number of fused-ring (bicyclic) bond motifs is 1. The van der Waals surface area contributed by atoms with Crippen molar-refractivity contribution in [3.05, 3.63) is 58.9 Å². The van der Waals surface area contributed by atoms with E-state index < -0.39 is 0 Å². The molecule has 1 atom stereocenters. The van der Waals surface area contributed by atoms with Crippen LogP contribution in [0.2, 0.25) is 5.02 Å². The molecular formula is C19H18ClN3OS. The van der Waals surface area contributed by atoms with Gasteiger partial charge in [-0.05, 0) is 44.5 Å². The van der Waals surface area contributed by atoms with Gasteiger partial charge in [-0.1, -0.05) is 47.6 Å². The first-order chi connectivity index (χ1) is 11.9. The van der Waals surface area contributed by atoms with E-state index in [0.717, 1.165) is 27.2 Å². The monoisotopic (exact) mass is 371 g/mol. The molecule has 3 aromatic rings. The molecule has 0 bridgehead atoms. The number of para-hydroxylation sites is 1. The lowest BCUT2D eigenvalue weighted by atomic mass is 10.2. The molecular weight excluding hydrogens is 354 g/mol. The van der Waals surface area contributed by atoms with Crippen LogP contribution < -0.4 is 5.32 Å².